The van der Waals surface area contributed by atoms with Crippen molar-refractivity contribution in [2.45, 2.75) is 32.6 Å². The molecule has 0 unspecified atom stereocenters. The number of amides is 1. The molecule has 0 atom stereocenters. The van der Waals surface area contributed by atoms with E-state index >= 15 is 0 Å². The molecule has 0 aromatic carbocycles. The van der Waals surface area contributed by atoms with Crippen molar-refractivity contribution in [1.82, 2.24) is 10.3 Å². The summed E-state index contributed by atoms with van der Waals surface area (Å²) in [6, 6.07) is 3.61. The van der Waals surface area contributed by atoms with Gasteiger partial charge in [0.1, 0.15) is 5.82 Å². The molecule has 0 saturated heterocycles. The molecule has 18 heavy (non-hydrogen) atoms. The molecule has 1 saturated carbocycles. The highest BCUT2D eigenvalue weighted by Crippen LogP contribution is 2.48. The average molecular weight is 247 g/mol. The van der Waals surface area contributed by atoms with Crippen LogP contribution < -0.4 is 10.6 Å². The summed E-state index contributed by atoms with van der Waals surface area (Å²) in [6.45, 7) is 3.00. The Morgan fingerprint density at radius 1 is 1.44 bits per heavy atom. The first-order valence-electron chi connectivity index (χ1n) is 6.61. The summed E-state index contributed by atoms with van der Waals surface area (Å²) in [6.07, 6.45) is 6.51. The van der Waals surface area contributed by atoms with Crippen LogP contribution in [-0.2, 0) is 0 Å². The lowest BCUT2D eigenvalue weighted by molar-refractivity contribution is 0.0943. The highest BCUT2D eigenvalue weighted by molar-refractivity contribution is 5.94. The quantitative estimate of drug-likeness (QED) is 0.811. The zero-order chi connectivity index (χ0) is 13.0. The SMILES string of the molecule is CCCC1(CNC(=O)c2ccc(NC)nc2)CC1. The minimum absolute atomic E-state index is 0.0208. The molecule has 4 heteroatoms. The lowest BCUT2D eigenvalue weighted by Crippen LogP contribution is -2.30. The zero-order valence-corrected chi connectivity index (χ0v) is 11.1. The Morgan fingerprint density at radius 3 is 2.72 bits per heavy atom. The van der Waals surface area contributed by atoms with Gasteiger partial charge in [0.05, 0.1) is 5.56 Å². The van der Waals surface area contributed by atoms with Crippen LogP contribution in [0.1, 0.15) is 43.0 Å². The number of carbonyl (C=O) groups excluding carboxylic acids is 1. The summed E-state index contributed by atoms with van der Waals surface area (Å²) in [4.78, 5) is 16.1. The van der Waals surface area contributed by atoms with Crippen LogP contribution in [-0.4, -0.2) is 24.5 Å². The monoisotopic (exact) mass is 247 g/mol. The third kappa shape index (κ3) is 3.00. The number of aromatic nitrogens is 1. The van der Waals surface area contributed by atoms with Gasteiger partial charge in [-0.2, -0.15) is 0 Å². The van der Waals surface area contributed by atoms with Crippen molar-refractivity contribution in [1.29, 1.82) is 0 Å². The lowest BCUT2D eigenvalue weighted by Gasteiger charge is -2.14. The third-order valence-electron chi connectivity index (χ3n) is 3.64. The van der Waals surface area contributed by atoms with Crippen LogP contribution in [0.5, 0.6) is 0 Å². The Kier molecular flexibility index (Phi) is 3.84. The Bertz CT molecular complexity index is 410. The van der Waals surface area contributed by atoms with Gasteiger partial charge in [0.2, 0.25) is 0 Å². The van der Waals surface area contributed by atoms with Gasteiger partial charge in [-0.25, -0.2) is 4.98 Å². The largest absolute Gasteiger partial charge is 0.373 e. The van der Waals surface area contributed by atoms with Crippen LogP contribution in [0.3, 0.4) is 0 Å². The lowest BCUT2D eigenvalue weighted by atomic mass is 10.0. The molecule has 4 nitrogen and oxygen atoms in total. The molecule has 98 valence electrons. The molecule has 1 fully saturated rings. The molecule has 1 heterocycles. The van der Waals surface area contributed by atoms with E-state index in [0.717, 1.165) is 12.4 Å². The Balaban J connectivity index is 1.87. The van der Waals surface area contributed by atoms with Gasteiger partial charge in [0, 0.05) is 19.8 Å². The minimum atomic E-state index is -0.0208. The number of carbonyl (C=O) groups is 1. The van der Waals surface area contributed by atoms with Crippen LogP contribution in [0.2, 0.25) is 0 Å². The Hall–Kier alpha value is -1.58. The number of hydrogen-bond acceptors (Lipinski definition) is 3. The van der Waals surface area contributed by atoms with Crippen molar-refractivity contribution in [2.75, 3.05) is 18.9 Å². The number of hydrogen-bond donors (Lipinski definition) is 2. The first-order valence-corrected chi connectivity index (χ1v) is 6.61. The van der Waals surface area contributed by atoms with Crippen LogP contribution in [0.4, 0.5) is 5.82 Å². The van der Waals surface area contributed by atoms with Gasteiger partial charge in [0.25, 0.3) is 5.91 Å². The van der Waals surface area contributed by atoms with E-state index in [2.05, 4.69) is 22.5 Å². The minimum Gasteiger partial charge on any atom is -0.373 e. The number of rotatable bonds is 6. The summed E-state index contributed by atoms with van der Waals surface area (Å²) in [5.41, 5.74) is 1.02. The van der Waals surface area contributed by atoms with E-state index in [4.69, 9.17) is 0 Å². The maximum Gasteiger partial charge on any atom is 0.252 e. The van der Waals surface area contributed by atoms with E-state index in [1.807, 2.05) is 13.1 Å². The van der Waals surface area contributed by atoms with Crippen molar-refractivity contribution in [3.05, 3.63) is 23.9 Å². The first kappa shape index (κ1) is 12.9. The molecule has 0 bridgehead atoms. The molecule has 2 rings (SSSR count). The third-order valence-corrected chi connectivity index (χ3v) is 3.64. The number of pyridine rings is 1. The van der Waals surface area contributed by atoms with E-state index in [-0.39, 0.29) is 5.91 Å². The molecule has 1 aliphatic carbocycles. The average Bonchev–Trinajstić information content (AvgIpc) is 3.17. The van der Waals surface area contributed by atoms with Gasteiger partial charge in [-0.05, 0) is 36.8 Å². The highest BCUT2D eigenvalue weighted by Gasteiger charge is 2.41. The predicted octanol–water partition coefficient (Wildman–Crippen LogP) is 2.43. The Labute approximate surface area is 108 Å². The molecule has 0 spiro atoms. The van der Waals surface area contributed by atoms with Gasteiger partial charge in [-0.1, -0.05) is 13.3 Å². The van der Waals surface area contributed by atoms with Crippen LogP contribution in [0.25, 0.3) is 0 Å². The zero-order valence-electron chi connectivity index (χ0n) is 11.1. The molecular formula is C14H21N3O. The van der Waals surface area contributed by atoms with Crippen molar-refractivity contribution in [2.24, 2.45) is 5.41 Å². The number of nitrogens with one attached hydrogen (secondary N) is 2. The van der Waals surface area contributed by atoms with E-state index < -0.39 is 0 Å². The van der Waals surface area contributed by atoms with E-state index in [0.29, 0.717) is 11.0 Å². The first-order chi connectivity index (χ1) is 8.69. The molecule has 2 N–H and O–H groups in total. The van der Waals surface area contributed by atoms with Crippen molar-refractivity contribution in [3.8, 4) is 0 Å². The maximum absolute atomic E-state index is 12.0. The van der Waals surface area contributed by atoms with Crippen LogP contribution in [0, 0.1) is 5.41 Å². The molecule has 1 amide bonds. The Morgan fingerprint density at radius 2 is 2.22 bits per heavy atom. The van der Waals surface area contributed by atoms with E-state index in [1.54, 1.807) is 12.3 Å². The smallest absolute Gasteiger partial charge is 0.252 e. The summed E-state index contributed by atoms with van der Waals surface area (Å²) in [5, 5.41) is 5.96. The van der Waals surface area contributed by atoms with Gasteiger partial charge < -0.3 is 10.6 Å². The second kappa shape index (κ2) is 5.38. The normalized spacial score (nSPS) is 16.1. The topological polar surface area (TPSA) is 54.0 Å². The van der Waals surface area contributed by atoms with E-state index in [1.165, 1.54) is 25.7 Å². The highest BCUT2D eigenvalue weighted by atomic mass is 16.1. The van der Waals surface area contributed by atoms with Crippen molar-refractivity contribution >= 4 is 11.7 Å². The fourth-order valence-corrected chi connectivity index (χ4v) is 2.27. The molecule has 0 radical (unpaired) electrons. The molecule has 1 aromatic rings. The number of anilines is 1. The molecule has 1 aliphatic rings. The standard InChI is InChI=1S/C14H21N3O/c1-3-6-14(7-8-14)10-17-13(18)11-4-5-12(15-2)16-9-11/h4-5,9H,3,6-8,10H2,1-2H3,(H,15,16)(H,17,18). The summed E-state index contributed by atoms with van der Waals surface area (Å²) >= 11 is 0. The second-order valence-corrected chi connectivity index (χ2v) is 5.11. The van der Waals surface area contributed by atoms with E-state index in [9.17, 15) is 4.79 Å². The molecule has 0 aliphatic heterocycles. The molecule has 1 aromatic heterocycles. The number of nitrogens with zero attached hydrogens (tertiary/aromatic N) is 1. The predicted molar refractivity (Wildman–Crippen MR) is 72.7 cm³/mol. The van der Waals surface area contributed by atoms with Gasteiger partial charge >= 0.3 is 0 Å². The van der Waals surface area contributed by atoms with Crippen molar-refractivity contribution < 1.29 is 4.79 Å². The fraction of sp³-hybridized carbons (Fsp3) is 0.571. The fourth-order valence-electron chi connectivity index (χ4n) is 2.27. The summed E-state index contributed by atoms with van der Waals surface area (Å²) in [7, 11) is 1.81. The van der Waals surface area contributed by atoms with Crippen LogP contribution in [0.15, 0.2) is 18.3 Å². The maximum atomic E-state index is 12.0. The van der Waals surface area contributed by atoms with Gasteiger partial charge in [-0.15, -0.1) is 0 Å². The van der Waals surface area contributed by atoms with Crippen LogP contribution >= 0.6 is 0 Å². The summed E-state index contributed by atoms with van der Waals surface area (Å²) in [5.74, 6) is 0.753. The van der Waals surface area contributed by atoms with Crippen molar-refractivity contribution in [3.63, 3.8) is 0 Å². The van der Waals surface area contributed by atoms with Gasteiger partial charge in [0.15, 0.2) is 0 Å². The van der Waals surface area contributed by atoms with Gasteiger partial charge in [-0.3, -0.25) is 4.79 Å². The summed E-state index contributed by atoms with van der Waals surface area (Å²) < 4.78 is 0. The molecular weight excluding hydrogens is 226 g/mol. The second-order valence-electron chi connectivity index (χ2n) is 5.11.